The first kappa shape index (κ1) is 20.4. The summed E-state index contributed by atoms with van der Waals surface area (Å²) in [4.78, 5) is 27.9. The van der Waals surface area contributed by atoms with Gasteiger partial charge in [-0.15, -0.1) is 0 Å². The lowest BCUT2D eigenvalue weighted by Crippen LogP contribution is -2.13. The normalized spacial score (nSPS) is 11.7. The number of nitrogens with one attached hydrogen (secondary N) is 2. The molecule has 0 aliphatic rings. The van der Waals surface area contributed by atoms with Crippen molar-refractivity contribution in [3.05, 3.63) is 71.3 Å². The first-order chi connectivity index (χ1) is 13.8. The van der Waals surface area contributed by atoms with Gasteiger partial charge in [0.2, 0.25) is 5.91 Å². The van der Waals surface area contributed by atoms with Crippen molar-refractivity contribution in [2.24, 2.45) is 0 Å². The molecular formula is C24H26N2O3. The zero-order valence-corrected chi connectivity index (χ0v) is 17.2. The number of rotatable bonds is 5. The van der Waals surface area contributed by atoms with Crippen LogP contribution in [-0.2, 0) is 14.9 Å². The number of para-hydroxylation sites is 1. The number of hydrogen-bond acceptors (Lipinski definition) is 3. The third kappa shape index (κ3) is 4.74. The van der Waals surface area contributed by atoms with Gasteiger partial charge in [0.1, 0.15) is 11.4 Å². The van der Waals surface area contributed by atoms with E-state index in [1.54, 1.807) is 13.0 Å². The van der Waals surface area contributed by atoms with Crippen molar-refractivity contribution in [3.8, 4) is 0 Å². The van der Waals surface area contributed by atoms with Crippen LogP contribution in [0.5, 0.6) is 0 Å². The summed E-state index contributed by atoms with van der Waals surface area (Å²) < 4.78 is 5.16. The van der Waals surface area contributed by atoms with Crippen LogP contribution in [0.2, 0.25) is 0 Å². The lowest BCUT2D eigenvalue weighted by Gasteiger charge is -2.18. The van der Waals surface area contributed by atoms with E-state index in [0.29, 0.717) is 16.8 Å². The van der Waals surface area contributed by atoms with Crippen molar-refractivity contribution >= 4 is 34.7 Å². The number of aromatic nitrogens is 1. The molecule has 29 heavy (non-hydrogen) atoms. The minimum Gasteiger partial charge on any atom is -0.462 e. The number of fused-ring (bicyclic) bond motifs is 1. The van der Waals surface area contributed by atoms with Crippen LogP contribution in [0.3, 0.4) is 0 Å². The van der Waals surface area contributed by atoms with E-state index in [9.17, 15) is 9.59 Å². The van der Waals surface area contributed by atoms with Crippen LogP contribution < -0.4 is 5.32 Å². The van der Waals surface area contributed by atoms with E-state index in [1.165, 1.54) is 11.6 Å². The molecule has 1 heterocycles. The number of aromatic amines is 1. The van der Waals surface area contributed by atoms with Gasteiger partial charge in [-0.05, 0) is 35.6 Å². The summed E-state index contributed by atoms with van der Waals surface area (Å²) in [6, 6.07) is 15.5. The number of anilines is 1. The number of hydrogen-bond donors (Lipinski definition) is 2. The Labute approximate surface area is 170 Å². The summed E-state index contributed by atoms with van der Waals surface area (Å²) in [6.07, 6.45) is 3.20. The van der Waals surface area contributed by atoms with Crippen molar-refractivity contribution in [2.75, 3.05) is 11.9 Å². The molecule has 0 aliphatic heterocycles. The van der Waals surface area contributed by atoms with E-state index in [-0.39, 0.29) is 17.9 Å². The molecule has 0 unspecified atom stereocenters. The number of carbonyl (C=O) groups excluding carboxylic acids is 2. The predicted molar refractivity (Wildman–Crippen MR) is 117 cm³/mol. The van der Waals surface area contributed by atoms with Gasteiger partial charge in [0.05, 0.1) is 6.61 Å². The third-order valence-corrected chi connectivity index (χ3v) is 4.64. The van der Waals surface area contributed by atoms with Crippen molar-refractivity contribution in [1.29, 1.82) is 0 Å². The van der Waals surface area contributed by atoms with Crippen LogP contribution in [0.1, 0.15) is 49.2 Å². The number of esters is 1. The summed E-state index contributed by atoms with van der Waals surface area (Å²) in [7, 11) is 0. The molecule has 3 rings (SSSR count). The van der Waals surface area contributed by atoms with Crippen molar-refractivity contribution < 1.29 is 14.3 Å². The highest BCUT2D eigenvalue weighted by atomic mass is 16.5. The molecule has 0 aliphatic carbocycles. The highest BCUT2D eigenvalue weighted by molar-refractivity contribution is 6.13. The Morgan fingerprint density at radius 1 is 1.07 bits per heavy atom. The molecule has 2 N–H and O–H groups in total. The van der Waals surface area contributed by atoms with Gasteiger partial charge in [-0.1, -0.05) is 63.2 Å². The molecule has 0 radical (unpaired) electrons. The minimum atomic E-state index is -0.470. The van der Waals surface area contributed by atoms with Crippen LogP contribution in [0.4, 0.5) is 5.82 Å². The van der Waals surface area contributed by atoms with Gasteiger partial charge in [0.15, 0.2) is 0 Å². The SMILES string of the molecule is CCOC(=O)c1c(NC(=O)C=Cc2ccc(C(C)(C)C)cc2)[nH]c2ccccc12. The van der Waals surface area contributed by atoms with Crippen molar-refractivity contribution in [2.45, 2.75) is 33.1 Å². The minimum absolute atomic E-state index is 0.0821. The zero-order chi connectivity index (χ0) is 21.0. The predicted octanol–water partition coefficient (Wildman–Crippen LogP) is 5.29. The lowest BCUT2D eigenvalue weighted by molar-refractivity contribution is -0.111. The molecule has 3 aromatic rings. The molecule has 2 aromatic carbocycles. The fraction of sp³-hybridized carbons (Fsp3) is 0.250. The Kier molecular flexibility index (Phi) is 5.87. The second-order valence-electron chi connectivity index (χ2n) is 7.84. The number of H-pyrrole nitrogens is 1. The Balaban J connectivity index is 1.80. The molecule has 0 fully saturated rings. The van der Waals surface area contributed by atoms with Crippen LogP contribution in [-0.4, -0.2) is 23.5 Å². The van der Waals surface area contributed by atoms with E-state index >= 15 is 0 Å². The quantitative estimate of drug-likeness (QED) is 0.459. The van der Waals surface area contributed by atoms with Gasteiger partial charge in [0, 0.05) is 17.0 Å². The molecule has 150 valence electrons. The lowest BCUT2D eigenvalue weighted by atomic mass is 9.87. The number of carbonyl (C=O) groups is 2. The second kappa shape index (κ2) is 8.35. The summed E-state index contributed by atoms with van der Waals surface area (Å²) in [5.74, 6) is -0.466. The molecular weight excluding hydrogens is 364 g/mol. The van der Waals surface area contributed by atoms with Gasteiger partial charge in [-0.25, -0.2) is 4.79 Å². The van der Waals surface area contributed by atoms with E-state index < -0.39 is 5.97 Å². The molecule has 0 saturated carbocycles. The smallest absolute Gasteiger partial charge is 0.342 e. The topological polar surface area (TPSA) is 71.2 Å². The summed E-state index contributed by atoms with van der Waals surface area (Å²) >= 11 is 0. The van der Waals surface area contributed by atoms with Gasteiger partial charge in [0.25, 0.3) is 0 Å². The average molecular weight is 390 g/mol. The summed E-state index contributed by atoms with van der Waals surface area (Å²) in [6.45, 7) is 8.49. The molecule has 0 atom stereocenters. The Morgan fingerprint density at radius 2 is 1.76 bits per heavy atom. The largest absolute Gasteiger partial charge is 0.462 e. The van der Waals surface area contributed by atoms with Gasteiger partial charge >= 0.3 is 5.97 Å². The molecule has 5 nitrogen and oxygen atoms in total. The average Bonchev–Trinajstić information content (AvgIpc) is 3.04. The third-order valence-electron chi connectivity index (χ3n) is 4.64. The monoisotopic (exact) mass is 390 g/mol. The van der Waals surface area contributed by atoms with E-state index in [1.807, 2.05) is 36.4 Å². The fourth-order valence-electron chi connectivity index (χ4n) is 3.08. The summed E-state index contributed by atoms with van der Waals surface area (Å²) in [5, 5.41) is 3.47. The zero-order valence-electron chi connectivity index (χ0n) is 17.2. The Morgan fingerprint density at radius 3 is 2.41 bits per heavy atom. The maximum absolute atomic E-state index is 12.5. The Bertz CT molecular complexity index is 1050. The highest BCUT2D eigenvalue weighted by Crippen LogP contribution is 2.27. The molecule has 1 aromatic heterocycles. The maximum atomic E-state index is 12.5. The fourth-order valence-corrected chi connectivity index (χ4v) is 3.08. The standard InChI is InChI=1S/C24H26N2O3/c1-5-29-23(28)21-18-8-6-7-9-19(18)25-22(21)26-20(27)15-12-16-10-13-17(14-11-16)24(2,3)4/h6-15,25H,5H2,1-4H3,(H,26,27). The maximum Gasteiger partial charge on any atom is 0.342 e. The van der Waals surface area contributed by atoms with Crippen LogP contribution >= 0.6 is 0 Å². The van der Waals surface area contributed by atoms with E-state index in [2.05, 4.69) is 43.2 Å². The molecule has 0 saturated heterocycles. The van der Waals surface area contributed by atoms with Gasteiger partial charge in [-0.3, -0.25) is 4.79 Å². The second-order valence-corrected chi connectivity index (χ2v) is 7.84. The number of benzene rings is 2. The first-order valence-corrected chi connectivity index (χ1v) is 9.67. The van der Waals surface area contributed by atoms with Crippen molar-refractivity contribution in [3.63, 3.8) is 0 Å². The van der Waals surface area contributed by atoms with Crippen LogP contribution in [0.15, 0.2) is 54.6 Å². The number of amides is 1. The molecule has 5 heteroatoms. The molecule has 1 amide bonds. The first-order valence-electron chi connectivity index (χ1n) is 9.67. The van der Waals surface area contributed by atoms with Crippen LogP contribution in [0.25, 0.3) is 17.0 Å². The summed E-state index contributed by atoms with van der Waals surface area (Å²) in [5.41, 5.74) is 3.33. The van der Waals surface area contributed by atoms with Crippen molar-refractivity contribution in [1.82, 2.24) is 4.98 Å². The number of ether oxygens (including phenoxy) is 1. The highest BCUT2D eigenvalue weighted by Gasteiger charge is 2.20. The molecule has 0 bridgehead atoms. The Hall–Kier alpha value is -3.34. The van der Waals surface area contributed by atoms with E-state index in [0.717, 1.165) is 11.1 Å². The van der Waals surface area contributed by atoms with Gasteiger partial charge < -0.3 is 15.0 Å². The van der Waals surface area contributed by atoms with Gasteiger partial charge in [-0.2, -0.15) is 0 Å². The van der Waals surface area contributed by atoms with Crippen LogP contribution in [0, 0.1) is 0 Å². The molecule has 0 spiro atoms. The van der Waals surface area contributed by atoms with E-state index in [4.69, 9.17) is 4.74 Å².